The van der Waals surface area contributed by atoms with E-state index in [-0.39, 0.29) is 5.69 Å². The molecule has 0 saturated heterocycles. The highest BCUT2D eigenvalue weighted by molar-refractivity contribution is 7.13. The predicted molar refractivity (Wildman–Crippen MR) is 56.9 cm³/mol. The topological polar surface area (TPSA) is 63.0 Å². The molecule has 6 heteroatoms. The third kappa shape index (κ3) is 1.26. The summed E-state index contributed by atoms with van der Waals surface area (Å²) in [5, 5.41) is 2.70. The van der Waals surface area contributed by atoms with Crippen LogP contribution in [0.15, 0.2) is 34.8 Å². The standard InChI is InChI=1S/C9H6N4OS/c14-9-11-2-1-7-12-6(5-13(7)9)8-10-3-4-15-8/h1-5H,(H,11,14). The van der Waals surface area contributed by atoms with Crippen molar-refractivity contribution in [2.75, 3.05) is 0 Å². The van der Waals surface area contributed by atoms with Crippen molar-refractivity contribution in [1.82, 2.24) is 19.4 Å². The zero-order valence-electron chi connectivity index (χ0n) is 7.54. The first kappa shape index (κ1) is 8.37. The lowest BCUT2D eigenvalue weighted by molar-refractivity contribution is 1.00. The number of H-pyrrole nitrogens is 1. The van der Waals surface area contributed by atoms with Gasteiger partial charge in [-0.1, -0.05) is 0 Å². The van der Waals surface area contributed by atoms with E-state index in [0.29, 0.717) is 5.65 Å². The van der Waals surface area contributed by atoms with Gasteiger partial charge in [0.15, 0.2) is 0 Å². The molecule has 3 rings (SSSR count). The van der Waals surface area contributed by atoms with E-state index in [0.717, 1.165) is 10.7 Å². The van der Waals surface area contributed by atoms with Crippen molar-refractivity contribution < 1.29 is 0 Å². The summed E-state index contributed by atoms with van der Waals surface area (Å²) in [4.78, 5) is 22.4. The number of aromatic nitrogens is 4. The monoisotopic (exact) mass is 218 g/mol. The molecule has 0 aliphatic carbocycles. The number of nitrogens with one attached hydrogen (secondary N) is 1. The van der Waals surface area contributed by atoms with Gasteiger partial charge in [0.25, 0.3) is 0 Å². The second kappa shape index (κ2) is 3.03. The fourth-order valence-corrected chi connectivity index (χ4v) is 1.98. The SMILES string of the molecule is O=c1[nH]ccc2nc(-c3nccs3)cn12. The van der Waals surface area contributed by atoms with Gasteiger partial charge in [0.05, 0.1) is 0 Å². The summed E-state index contributed by atoms with van der Waals surface area (Å²) < 4.78 is 1.47. The lowest BCUT2D eigenvalue weighted by Crippen LogP contribution is -2.13. The molecule has 0 aliphatic rings. The van der Waals surface area contributed by atoms with Gasteiger partial charge < -0.3 is 4.98 Å². The molecule has 3 aromatic heterocycles. The van der Waals surface area contributed by atoms with Crippen LogP contribution in [0.3, 0.4) is 0 Å². The number of imidazole rings is 1. The van der Waals surface area contributed by atoms with Crippen molar-refractivity contribution >= 4 is 17.0 Å². The van der Waals surface area contributed by atoms with Gasteiger partial charge in [-0.25, -0.2) is 14.8 Å². The second-order valence-electron chi connectivity index (χ2n) is 2.97. The number of hydrogen-bond donors (Lipinski definition) is 1. The number of hydrogen-bond acceptors (Lipinski definition) is 4. The van der Waals surface area contributed by atoms with Gasteiger partial charge in [-0.15, -0.1) is 11.3 Å². The highest BCUT2D eigenvalue weighted by atomic mass is 32.1. The largest absolute Gasteiger partial charge is 0.331 e. The minimum Gasteiger partial charge on any atom is -0.314 e. The average molecular weight is 218 g/mol. The van der Waals surface area contributed by atoms with E-state index in [1.807, 2.05) is 5.38 Å². The molecule has 5 nitrogen and oxygen atoms in total. The number of aromatic amines is 1. The number of fused-ring (bicyclic) bond motifs is 1. The highest BCUT2D eigenvalue weighted by Gasteiger charge is 2.07. The maximum atomic E-state index is 11.4. The Labute approximate surface area is 88.1 Å². The molecule has 0 unspecified atom stereocenters. The van der Waals surface area contributed by atoms with Crippen LogP contribution in [0, 0.1) is 0 Å². The molecular formula is C9H6N4OS. The smallest absolute Gasteiger partial charge is 0.314 e. The molecular weight excluding hydrogens is 212 g/mol. The molecule has 0 spiro atoms. The van der Waals surface area contributed by atoms with Crippen LogP contribution in [0.1, 0.15) is 0 Å². The Morgan fingerprint density at radius 2 is 2.40 bits per heavy atom. The van der Waals surface area contributed by atoms with Crippen LogP contribution in [0.5, 0.6) is 0 Å². The summed E-state index contributed by atoms with van der Waals surface area (Å²) in [7, 11) is 0. The Morgan fingerprint density at radius 1 is 1.47 bits per heavy atom. The van der Waals surface area contributed by atoms with E-state index < -0.39 is 0 Å². The van der Waals surface area contributed by atoms with Crippen molar-refractivity contribution in [2.45, 2.75) is 0 Å². The molecule has 0 saturated carbocycles. The molecule has 0 aliphatic heterocycles. The van der Waals surface area contributed by atoms with E-state index in [2.05, 4.69) is 15.0 Å². The van der Waals surface area contributed by atoms with E-state index in [1.165, 1.54) is 15.7 Å². The summed E-state index contributed by atoms with van der Waals surface area (Å²) in [5.41, 5.74) is 1.16. The maximum absolute atomic E-state index is 11.4. The lowest BCUT2D eigenvalue weighted by atomic mass is 10.5. The van der Waals surface area contributed by atoms with Gasteiger partial charge in [-0.2, -0.15) is 0 Å². The summed E-state index contributed by atoms with van der Waals surface area (Å²) in [6, 6.07) is 1.75. The lowest BCUT2D eigenvalue weighted by Gasteiger charge is -1.86. The Kier molecular flexibility index (Phi) is 1.69. The average Bonchev–Trinajstić information content (AvgIpc) is 2.86. The first-order valence-electron chi connectivity index (χ1n) is 4.31. The summed E-state index contributed by atoms with van der Waals surface area (Å²) in [5.74, 6) is 0. The predicted octanol–water partition coefficient (Wildman–Crippen LogP) is 1.15. The molecule has 0 amide bonds. The molecule has 74 valence electrons. The van der Waals surface area contributed by atoms with Crippen LogP contribution >= 0.6 is 11.3 Å². The normalized spacial score (nSPS) is 10.9. The van der Waals surface area contributed by atoms with Gasteiger partial charge >= 0.3 is 5.69 Å². The molecule has 0 fully saturated rings. The zero-order chi connectivity index (χ0) is 10.3. The molecule has 15 heavy (non-hydrogen) atoms. The number of rotatable bonds is 1. The highest BCUT2D eigenvalue weighted by Crippen LogP contribution is 2.19. The van der Waals surface area contributed by atoms with Crippen LogP contribution < -0.4 is 5.69 Å². The Morgan fingerprint density at radius 3 is 3.13 bits per heavy atom. The zero-order valence-corrected chi connectivity index (χ0v) is 8.36. The van der Waals surface area contributed by atoms with Crippen molar-refractivity contribution in [1.29, 1.82) is 0 Å². The molecule has 0 bridgehead atoms. The summed E-state index contributed by atoms with van der Waals surface area (Å²) >= 11 is 1.50. The molecule has 3 heterocycles. The van der Waals surface area contributed by atoms with E-state index in [9.17, 15) is 4.79 Å². The van der Waals surface area contributed by atoms with Crippen LogP contribution in [0.4, 0.5) is 0 Å². The number of nitrogens with zero attached hydrogens (tertiary/aromatic N) is 3. The van der Waals surface area contributed by atoms with Gasteiger partial charge in [-0.05, 0) is 6.07 Å². The van der Waals surface area contributed by atoms with Crippen molar-refractivity contribution in [3.63, 3.8) is 0 Å². The summed E-state index contributed by atoms with van der Waals surface area (Å²) in [6.45, 7) is 0. The van der Waals surface area contributed by atoms with Crippen LogP contribution in [-0.4, -0.2) is 19.4 Å². The quantitative estimate of drug-likeness (QED) is 0.666. The Hall–Kier alpha value is -1.95. The fraction of sp³-hybridized carbons (Fsp3) is 0. The fourth-order valence-electron chi connectivity index (χ4n) is 1.38. The third-order valence-corrected chi connectivity index (χ3v) is 2.84. The van der Waals surface area contributed by atoms with Gasteiger partial charge in [0.1, 0.15) is 16.3 Å². The molecule has 0 atom stereocenters. The number of thiazole rings is 1. The van der Waals surface area contributed by atoms with Gasteiger partial charge in [0, 0.05) is 24.0 Å². The van der Waals surface area contributed by atoms with Crippen molar-refractivity contribution in [3.8, 4) is 10.7 Å². The minimum atomic E-state index is -0.192. The molecule has 3 aromatic rings. The molecule has 1 N–H and O–H groups in total. The Bertz CT molecular complexity index is 652. The molecule has 0 radical (unpaired) electrons. The van der Waals surface area contributed by atoms with Gasteiger partial charge in [0.2, 0.25) is 0 Å². The molecule has 0 aromatic carbocycles. The van der Waals surface area contributed by atoms with Crippen LogP contribution in [-0.2, 0) is 0 Å². The van der Waals surface area contributed by atoms with Crippen molar-refractivity contribution in [3.05, 3.63) is 40.5 Å². The van der Waals surface area contributed by atoms with Crippen LogP contribution in [0.2, 0.25) is 0 Å². The van der Waals surface area contributed by atoms with Gasteiger partial charge in [-0.3, -0.25) is 4.40 Å². The van der Waals surface area contributed by atoms with Crippen LogP contribution in [0.25, 0.3) is 16.3 Å². The maximum Gasteiger partial charge on any atom is 0.331 e. The van der Waals surface area contributed by atoms with Crippen molar-refractivity contribution in [2.24, 2.45) is 0 Å². The summed E-state index contributed by atoms with van der Waals surface area (Å²) in [6.07, 6.45) is 4.98. The van der Waals surface area contributed by atoms with E-state index >= 15 is 0 Å². The first-order valence-corrected chi connectivity index (χ1v) is 5.19. The Balaban J connectivity index is 2.32. The van der Waals surface area contributed by atoms with E-state index in [4.69, 9.17) is 0 Å². The first-order chi connectivity index (χ1) is 7.34. The third-order valence-electron chi connectivity index (χ3n) is 2.04. The second-order valence-corrected chi connectivity index (χ2v) is 3.87. The minimum absolute atomic E-state index is 0.192. The van der Waals surface area contributed by atoms with E-state index in [1.54, 1.807) is 24.7 Å².